The van der Waals surface area contributed by atoms with Gasteiger partial charge in [-0.1, -0.05) is 0 Å². The van der Waals surface area contributed by atoms with Crippen LogP contribution in [0.2, 0.25) is 0 Å². The lowest BCUT2D eigenvalue weighted by atomic mass is 10.4. The van der Waals surface area contributed by atoms with Gasteiger partial charge in [0.2, 0.25) is 0 Å². The second kappa shape index (κ2) is 8.58. The molecule has 1 aromatic rings. The Morgan fingerprint density at radius 2 is 1.89 bits per heavy atom. The zero-order valence-corrected chi connectivity index (χ0v) is 13.0. The third kappa shape index (κ3) is 6.96. The minimum absolute atomic E-state index is 0.373. The summed E-state index contributed by atoms with van der Waals surface area (Å²) in [6.45, 7) is 2.59. The number of methoxy groups -OCH3 is 1. The summed E-state index contributed by atoms with van der Waals surface area (Å²) in [5, 5.41) is 3.28. The monoisotopic (exact) mass is 303 g/mol. The summed E-state index contributed by atoms with van der Waals surface area (Å²) in [6, 6.07) is 7.04. The molecule has 0 heterocycles. The molecule has 0 fully saturated rings. The SMILES string of the molecule is COCCNCCCSc1ccc(S(C)(=O)=O)cc1. The van der Waals surface area contributed by atoms with Crippen LogP contribution in [-0.2, 0) is 14.6 Å². The maximum Gasteiger partial charge on any atom is 0.175 e. The third-order valence-electron chi connectivity index (χ3n) is 2.50. The Balaban J connectivity index is 2.23. The van der Waals surface area contributed by atoms with Crippen LogP contribution in [0, 0.1) is 0 Å². The minimum Gasteiger partial charge on any atom is -0.383 e. The zero-order valence-electron chi connectivity index (χ0n) is 11.4. The lowest BCUT2D eigenvalue weighted by Gasteiger charge is -2.05. The van der Waals surface area contributed by atoms with E-state index in [4.69, 9.17) is 4.74 Å². The molecule has 0 saturated heterocycles. The fourth-order valence-electron chi connectivity index (χ4n) is 1.47. The zero-order chi connectivity index (χ0) is 14.1. The second-order valence-corrected chi connectivity index (χ2v) is 7.37. The summed E-state index contributed by atoms with van der Waals surface area (Å²) < 4.78 is 27.5. The molecule has 0 saturated carbocycles. The largest absolute Gasteiger partial charge is 0.383 e. The first-order valence-electron chi connectivity index (χ1n) is 6.16. The lowest BCUT2D eigenvalue weighted by Crippen LogP contribution is -2.20. The molecule has 1 aromatic carbocycles. The molecule has 108 valence electrons. The van der Waals surface area contributed by atoms with E-state index in [2.05, 4.69) is 5.32 Å². The van der Waals surface area contributed by atoms with Crippen LogP contribution in [0.15, 0.2) is 34.1 Å². The van der Waals surface area contributed by atoms with Crippen LogP contribution in [0.3, 0.4) is 0 Å². The Labute approximate surface area is 119 Å². The second-order valence-electron chi connectivity index (χ2n) is 4.19. The molecule has 1 N–H and O–H groups in total. The van der Waals surface area contributed by atoms with Gasteiger partial charge in [-0.3, -0.25) is 0 Å². The molecule has 0 spiro atoms. The van der Waals surface area contributed by atoms with Crippen LogP contribution in [0.5, 0.6) is 0 Å². The summed E-state index contributed by atoms with van der Waals surface area (Å²) in [5.74, 6) is 1.01. The summed E-state index contributed by atoms with van der Waals surface area (Å²) in [7, 11) is -1.40. The number of benzene rings is 1. The van der Waals surface area contributed by atoms with Crippen molar-refractivity contribution in [3.8, 4) is 0 Å². The average Bonchev–Trinajstić information content (AvgIpc) is 2.37. The molecular weight excluding hydrogens is 282 g/mol. The first-order valence-corrected chi connectivity index (χ1v) is 9.04. The molecule has 19 heavy (non-hydrogen) atoms. The fraction of sp³-hybridized carbons (Fsp3) is 0.538. The van der Waals surface area contributed by atoms with Crippen molar-refractivity contribution in [2.45, 2.75) is 16.2 Å². The number of hydrogen-bond acceptors (Lipinski definition) is 5. The number of thioether (sulfide) groups is 1. The number of sulfone groups is 1. The van der Waals surface area contributed by atoms with E-state index in [0.29, 0.717) is 4.90 Å². The van der Waals surface area contributed by atoms with Crippen molar-refractivity contribution in [3.63, 3.8) is 0 Å². The molecule has 0 unspecified atom stereocenters. The Kier molecular flexibility index (Phi) is 7.45. The highest BCUT2D eigenvalue weighted by molar-refractivity contribution is 7.99. The predicted octanol–water partition coefficient (Wildman–Crippen LogP) is 1.81. The van der Waals surface area contributed by atoms with Crippen molar-refractivity contribution in [3.05, 3.63) is 24.3 Å². The molecule has 0 aliphatic carbocycles. The van der Waals surface area contributed by atoms with Gasteiger partial charge in [-0.2, -0.15) is 0 Å². The smallest absolute Gasteiger partial charge is 0.175 e. The molecule has 1 rings (SSSR count). The van der Waals surface area contributed by atoms with Gasteiger partial charge < -0.3 is 10.1 Å². The summed E-state index contributed by atoms with van der Waals surface area (Å²) in [5.41, 5.74) is 0. The minimum atomic E-state index is -3.09. The van der Waals surface area contributed by atoms with Gasteiger partial charge in [-0.15, -0.1) is 11.8 Å². The van der Waals surface area contributed by atoms with Gasteiger partial charge in [0.15, 0.2) is 9.84 Å². The van der Waals surface area contributed by atoms with E-state index in [1.165, 1.54) is 6.26 Å². The lowest BCUT2D eigenvalue weighted by molar-refractivity contribution is 0.199. The van der Waals surface area contributed by atoms with Gasteiger partial charge in [0.05, 0.1) is 11.5 Å². The fourth-order valence-corrected chi connectivity index (χ4v) is 2.95. The summed E-state index contributed by atoms with van der Waals surface area (Å²) in [4.78, 5) is 1.47. The molecule has 0 atom stereocenters. The van der Waals surface area contributed by atoms with Crippen LogP contribution in [0.1, 0.15) is 6.42 Å². The van der Waals surface area contributed by atoms with E-state index in [1.54, 1.807) is 31.0 Å². The topological polar surface area (TPSA) is 55.4 Å². The van der Waals surface area contributed by atoms with Crippen LogP contribution in [0.25, 0.3) is 0 Å². The van der Waals surface area contributed by atoms with Crippen LogP contribution >= 0.6 is 11.8 Å². The molecule has 6 heteroatoms. The van der Waals surface area contributed by atoms with Gasteiger partial charge in [0.1, 0.15) is 0 Å². The average molecular weight is 303 g/mol. The maximum absolute atomic E-state index is 11.3. The van der Waals surface area contributed by atoms with E-state index in [0.717, 1.165) is 36.8 Å². The molecule has 4 nitrogen and oxygen atoms in total. The van der Waals surface area contributed by atoms with Gasteiger partial charge in [0.25, 0.3) is 0 Å². The first-order chi connectivity index (χ1) is 9.04. The van der Waals surface area contributed by atoms with E-state index in [1.807, 2.05) is 12.1 Å². The number of hydrogen-bond donors (Lipinski definition) is 1. The number of nitrogens with one attached hydrogen (secondary N) is 1. The highest BCUT2D eigenvalue weighted by atomic mass is 32.2. The van der Waals surface area contributed by atoms with Gasteiger partial charge >= 0.3 is 0 Å². The van der Waals surface area contributed by atoms with Crippen molar-refractivity contribution >= 4 is 21.6 Å². The van der Waals surface area contributed by atoms with Crippen LogP contribution in [-0.4, -0.2) is 47.2 Å². The van der Waals surface area contributed by atoms with Crippen molar-refractivity contribution < 1.29 is 13.2 Å². The van der Waals surface area contributed by atoms with Crippen LogP contribution < -0.4 is 5.32 Å². The van der Waals surface area contributed by atoms with Crippen molar-refractivity contribution in [2.75, 3.05) is 38.8 Å². The molecule has 0 radical (unpaired) electrons. The van der Waals surface area contributed by atoms with E-state index >= 15 is 0 Å². The molecule has 0 aromatic heterocycles. The van der Waals surface area contributed by atoms with Crippen molar-refractivity contribution in [1.29, 1.82) is 0 Å². The highest BCUT2D eigenvalue weighted by Crippen LogP contribution is 2.20. The Morgan fingerprint density at radius 3 is 2.47 bits per heavy atom. The predicted molar refractivity (Wildman–Crippen MR) is 79.6 cm³/mol. The number of ether oxygens (including phenoxy) is 1. The molecule has 0 amide bonds. The number of rotatable bonds is 9. The van der Waals surface area contributed by atoms with Crippen molar-refractivity contribution in [2.24, 2.45) is 0 Å². The van der Waals surface area contributed by atoms with Crippen LogP contribution in [0.4, 0.5) is 0 Å². The van der Waals surface area contributed by atoms with Crippen molar-refractivity contribution in [1.82, 2.24) is 5.32 Å². The summed E-state index contributed by atoms with van der Waals surface area (Å²) >= 11 is 1.74. The Morgan fingerprint density at radius 1 is 1.21 bits per heavy atom. The Bertz CT molecular complexity index is 457. The molecular formula is C13H21NO3S2. The molecule has 0 aliphatic rings. The van der Waals surface area contributed by atoms with Gasteiger partial charge in [-0.05, 0) is 43.0 Å². The maximum atomic E-state index is 11.3. The molecule has 0 aliphatic heterocycles. The first kappa shape index (κ1) is 16.5. The third-order valence-corrected chi connectivity index (χ3v) is 4.73. The summed E-state index contributed by atoms with van der Waals surface area (Å²) in [6.07, 6.45) is 2.29. The standard InChI is InChI=1S/C13H21NO3S2/c1-17-10-9-14-8-3-11-18-12-4-6-13(7-5-12)19(2,15)16/h4-7,14H,3,8-11H2,1-2H3. The molecule has 0 bridgehead atoms. The van der Waals surface area contributed by atoms with E-state index in [-0.39, 0.29) is 0 Å². The van der Waals surface area contributed by atoms with Gasteiger partial charge in [-0.25, -0.2) is 8.42 Å². The van der Waals surface area contributed by atoms with E-state index in [9.17, 15) is 8.42 Å². The quantitative estimate of drug-likeness (QED) is 0.557. The van der Waals surface area contributed by atoms with E-state index < -0.39 is 9.84 Å². The normalized spacial score (nSPS) is 11.7. The van der Waals surface area contributed by atoms with Gasteiger partial charge in [0, 0.05) is 24.8 Å². The highest BCUT2D eigenvalue weighted by Gasteiger charge is 2.05. The Hall–Kier alpha value is -0.560.